The van der Waals surface area contributed by atoms with E-state index >= 15 is 0 Å². The Morgan fingerprint density at radius 3 is 2.30 bits per heavy atom. The second-order valence-corrected chi connectivity index (χ2v) is 10.8. The van der Waals surface area contributed by atoms with Crippen LogP contribution >= 0.6 is 58.8 Å². The van der Waals surface area contributed by atoms with Crippen LogP contribution in [0.1, 0.15) is 19.4 Å². The van der Waals surface area contributed by atoms with E-state index in [9.17, 15) is 9.59 Å². The topological polar surface area (TPSA) is 67.9 Å². The lowest BCUT2D eigenvalue weighted by atomic mass is 10.2. The zero-order valence-electron chi connectivity index (χ0n) is 17.5. The minimum Gasteiger partial charge on any atom is -0.494 e. The fourth-order valence-electron chi connectivity index (χ4n) is 2.84. The largest absolute Gasteiger partial charge is 0.494 e. The van der Waals surface area contributed by atoms with Crippen molar-refractivity contribution >= 4 is 86.7 Å². The Morgan fingerprint density at radius 2 is 1.76 bits per heavy atom. The minimum absolute atomic E-state index is 0.212. The molecule has 33 heavy (non-hydrogen) atoms. The molecule has 0 radical (unpaired) electrons. The lowest BCUT2D eigenvalue weighted by Crippen LogP contribution is -2.47. The summed E-state index contributed by atoms with van der Waals surface area (Å²) < 4.78 is 9.62. The third-order valence-electron chi connectivity index (χ3n) is 4.26. The molecule has 1 fully saturated rings. The van der Waals surface area contributed by atoms with Gasteiger partial charge in [-0.2, -0.15) is 0 Å². The Hall–Kier alpha value is -1.97. The Balaban J connectivity index is 1.73. The van der Waals surface area contributed by atoms with Gasteiger partial charge in [0.05, 0.1) is 17.2 Å². The van der Waals surface area contributed by atoms with Crippen molar-refractivity contribution in [1.29, 1.82) is 0 Å². The number of rotatable bonds is 7. The molecular weight excluding hydrogens is 527 g/mol. The number of alkyl halides is 3. The molecule has 1 atom stereocenters. The number of nitrogens with one attached hydrogen (secondary N) is 1. The van der Waals surface area contributed by atoms with Crippen LogP contribution in [0.4, 0.5) is 5.69 Å². The number of halogens is 3. The van der Waals surface area contributed by atoms with E-state index in [1.54, 1.807) is 54.6 Å². The first-order chi connectivity index (χ1) is 15.6. The Morgan fingerprint density at radius 1 is 1.15 bits per heavy atom. The first-order valence-corrected chi connectivity index (χ1v) is 12.1. The molecule has 0 aromatic heterocycles. The van der Waals surface area contributed by atoms with Crippen LogP contribution in [-0.4, -0.2) is 32.8 Å². The van der Waals surface area contributed by atoms with Gasteiger partial charge in [0.25, 0.3) is 5.91 Å². The minimum atomic E-state index is -1.86. The van der Waals surface area contributed by atoms with Gasteiger partial charge >= 0.3 is 0 Å². The average molecular weight is 546 g/mol. The fraction of sp³-hybridized carbons (Fsp3) is 0.227. The first-order valence-electron chi connectivity index (χ1n) is 9.70. The predicted molar refractivity (Wildman–Crippen MR) is 138 cm³/mol. The monoisotopic (exact) mass is 544 g/mol. The lowest BCUT2D eigenvalue weighted by Gasteiger charge is -2.25. The molecule has 6 nitrogen and oxygen atoms in total. The van der Waals surface area contributed by atoms with Crippen molar-refractivity contribution in [3.05, 3.63) is 59.0 Å². The van der Waals surface area contributed by atoms with Crippen LogP contribution in [0.15, 0.2) is 53.4 Å². The zero-order valence-corrected chi connectivity index (χ0v) is 21.4. The lowest BCUT2D eigenvalue weighted by molar-refractivity contribution is -0.121. The van der Waals surface area contributed by atoms with Crippen LogP contribution in [0.5, 0.6) is 11.5 Å². The van der Waals surface area contributed by atoms with Crippen molar-refractivity contribution in [3.8, 4) is 11.5 Å². The number of carbonyl (C=O) groups is 2. The van der Waals surface area contributed by atoms with E-state index in [2.05, 4.69) is 5.32 Å². The van der Waals surface area contributed by atoms with Crippen LogP contribution in [0.25, 0.3) is 6.08 Å². The Labute approximate surface area is 216 Å². The summed E-state index contributed by atoms with van der Waals surface area (Å²) in [6.45, 7) is 3.76. The Bertz CT molecular complexity index is 1070. The molecule has 1 aliphatic heterocycles. The number of hydrogen-bond donors (Lipinski definition) is 1. The van der Waals surface area contributed by atoms with E-state index in [1.165, 1.54) is 23.6 Å². The van der Waals surface area contributed by atoms with Gasteiger partial charge in [-0.05, 0) is 55.0 Å². The highest BCUT2D eigenvalue weighted by Crippen LogP contribution is 2.37. The molecule has 2 amide bonds. The smallest absolute Gasteiger partial charge is 0.270 e. The summed E-state index contributed by atoms with van der Waals surface area (Å²) in [7, 11) is 0. The summed E-state index contributed by atoms with van der Waals surface area (Å²) in [6, 6.07) is 13.9. The van der Waals surface area contributed by atoms with Crippen molar-refractivity contribution in [2.24, 2.45) is 0 Å². The maximum absolute atomic E-state index is 13.0. The maximum Gasteiger partial charge on any atom is 0.270 e. The SMILES string of the molecule is CCOc1ccc(N2C(=O)/C(=C/c3ccc(O[C@@H](NC(C)=O)C(Cl)(Cl)Cl)cc3)SC2=S)cc1. The summed E-state index contributed by atoms with van der Waals surface area (Å²) >= 11 is 24.3. The van der Waals surface area contributed by atoms with Gasteiger partial charge in [-0.3, -0.25) is 14.5 Å². The standard InChI is InChI=1S/C22H19Cl3N2O4S2/c1-3-30-16-10-6-15(7-11-16)27-19(29)18(33-21(27)32)12-14-4-8-17(9-5-14)31-20(22(23,24)25)26-13(2)28/h4-12,20H,3H2,1-2H3,(H,26,28)/b18-12-/t20-/m1/s1. The molecule has 1 aliphatic rings. The van der Waals surface area contributed by atoms with Gasteiger partial charge in [-0.25, -0.2) is 0 Å². The number of hydrogen-bond acceptors (Lipinski definition) is 6. The van der Waals surface area contributed by atoms with Crippen molar-refractivity contribution in [2.45, 2.75) is 23.9 Å². The van der Waals surface area contributed by atoms with Gasteiger partial charge in [0.2, 0.25) is 15.9 Å². The maximum atomic E-state index is 13.0. The molecule has 11 heteroatoms. The van der Waals surface area contributed by atoms with Crippen LogP contribution in [0, 0.1) is 0 Å². The van der Waals surface area contributed by atoms with Gasteiger partial charge in [-0.15, -0.1) is 0 Å². The molecule has 1 heterocycles. The second-order valence-electron chi connectivity index (χ2n) is 6.75. The van der Waals surface area contributed by atoms with E-state index in [-0.39, 0.29) is 5.91 Å². The second kappa shape index (κ2) is 11.0. The average Bonchev–Trinajstić information content (AvgIpc) is 3.02. The van der Waals surface area contributed by atoms with Gasteiger partial charge in [0.1, 0.15) is 11.5 Å². The van der Waals surface area contributed by atoms with Gasteiger partial charge in [0.15, 0.2) is 4.32 Å². The van der Waals surface area contributed by atoms with Gasteiger partial charge in [0, 0.05) is 6.92 Å². The molecule has 1 saturated heterocycles. The van der Waals surface area contributed by atoms with E-state index in [0.29, 0.717) is 27.3 Å². The van der Waals surface area contributed by atoms with E-state index in [0.717, 1.165) is 11.3 Å². The first kappa shape index (κ1) is 25.6. The molecule has 0 aliphatic carbocycles. The van der Waals surface area contributed by atoms with Crippen molar-refractivity contribution in [3.63, 3.8) is 0 Å². The van der Waals surface area contributed by atoms with Gasteiger partial charge < -0.3 is 14.8 Å². The number of thioether (sulfide) groups is 1. The van der Waals surface area contributed by atoms with Crippen molar-refractivity contribution in [2.75, 3.05) is 11.5 Å². The molecule has 0 saturated carbocycles. The number of benzene rings is 2. The molecule has 2 aromatic carbocycles. The molecule has 0 unspecified atom stereocenters. The van der Waals surface area contributed by atoms with Crippen LogP contribution in [-0.2, 0) is 9.59 Å². The molecule has 0 spiro atoms. The summed E-state index contributed by atoms with van der Waals surface area (Å²) in [5, 5.41) is 2.44. The van der Waals surface area contributed by atoms with E-state index in [1.807, 2.05) is 6.92 Å². The highest BCUT2D eigenvalue weighted by molar-refractivity contribution is 8.27. The highest BCUT2D eigenvalue weighted by Gasteiger charge is 2.36. The molecule has 2 aromatic rings. The highest BCUT2D eigenvalue weighted by atomic mass is 35.6. The molecule has 3 rings (SSSR count). The van der Waals surface area contributed by atoms with E-state index < -0.39 is 15.9 Å². The summed E-state index contributed by atoms with van der Waals surface area (Å²) in [4.78, 5) is 26.3. The number of thiocarbonyl (C=S) groups is 1. The van der Waals surface area contributed by atoms with E-state index in [4.69, 9.17) is 56.5 Å². The normalized spacial score (nSPS) is 16.2. The number of anilines is 1. The van der Waals surface area contributed by atoms with Crippen LogP contribution in [0.3, 0.4) is 0 Å². The zero-order chi connectivity index (χ0) is 24.2. The fourth-order valence-corrected chi connectivity index (χ4v) is 4.44. The molecule has 174 valence electrons. The predicted octanol–water partition coefficient (Wildman–Crippen LogP) is 5.70. The third-order valence-corrected chi connectivity index (χ3v) is 6.16. The Kier molecular flexibility index (Phi) is 8.53. The van der Waals surface area contributed by atoms with Crippen LogP contribution in [0.2, 0.25) is 0 Å². The molecule has 1 N–H and O–H groups in total. The molecular formula is C22H19Cl3N2O4S2. The van der Waals surface area contributed by atoms with Crippen LogP contribution < -0.4 is 19.7 Å². The number of carbonyl (C=O) groups excluding carboxylic acids is 2. The number of ether oxygens (including phenoxy) is 2. The number of nitrogens with zero attached hydrogens (tertiary/aromatic N) is 1. The summed E-state index contributed by atoms with van der Waals surface area (Å²) in [6.07, 6.45) is 0.564. The summed E-state index contributed by atoms with van der Waals surface area (Å²) in [5.41, 5.74) is 1.42. The van der Waals surface area contributed by atoms with Gasteiger partial charge in [-0.1, -0.05) is 70.9 Å². The molecule has 0 bridgehead atoms. The third kappa shape index (κ3) is 6.77. The number of amides is 2. The van der Waals surface area contributed by atoms with Crippen molar-refractivity contribution < 1.29 is 19.1 Å². The summed E-state index contributed by atoms with van der Waals surface area (Å²) in [5.74, 6) is 0.480. The van der Waals surface area contributed by atoms with Crippen molar-refractivity contribution in [1.82, 2.24) is 5.32 Å². The quantitative estimate of drug-likeness (QED) is 0.208.